The second-order valence-corrected chi connectivity index (χ2v) is 8.04. The molecule has 2 atom stereocenters. The number of hydrogen-bond acceptors (Lipinski definition) is 4. The zero-order chi connectivity index (χ0) is 17.9. The topological polar surface area (TPSA) is 75.7 Å². The van der Waals surface area contributed by atoms with Crippen molar-refractivity contribution < 1.29 is 17.9 Å². The number of nitrogens with one attached hydrogen (secondary N) is 1. The molecular weight excluding hydrogens is 352 g/mol. The number of hydrogen-bond donors (Lipinski definition) is 1. The highest BCUT2D eigenvalue weighted by Gasteiger charge is 2.33. The van der Waals surface area contributed by atoms with Gasteiger partial charge in [0.15, 0.2) is 0 Å². The fourth-order valence-corrected chi connectivity index (χ4v) is 4.67. The van der Waals surface area contributed by atoms with E-state index in [1.807, 2.05) is 13.8 Å². The SMILES string of the molecule is C=CCNC(=O)c1ccc(Cl)c(S(=O)(=O)N2C[C@H](C)O[C@@H](C)C2)c1. The van der Waals surface area contributed by atoms with Gasteiger partial charge in [0.1, 0.15) is 4.90 Å². The number of carbonyl (C=O) groups excluding carboxylic acids is 1. The maximum absolute atomic E-state index is 12.9. The number of carbonyl (C=O) groups is 1. The van der Waals surface area contributed by atoms with Crippen molar-refractivity contribution >= 4 is 27.5 Å². The van der Waals surface area contributed by atoms with Crippen LogP contribution in [0.15, 0.2) is 35.7 Å². The van der Waals surface area contributed by atoms with Gasteiger partial charge in [0.25, 0.3) is 5.91 Å². The van der Waals surface area contributed by atoms with Crippen LogP contribution in [0.3, 0.4) is 0 Å². The molecule has 1 aromatic rings. The van der Waals surface area contributed by atoms with E-state index in [1.165, 1.54) is 22.5 Å². The van der Waals surface area contributed by atoms with Crippen LogP contribution in [0.4, 0.5) is 0 Å². The van der Waals surface area contributed by atoms with Gasteiger partial charge in [0.05, 0.1) is 17.2 Å². The largest absolute Gasteiger partial charge is 0.373 e. The fraction of sp³-hybridized carbons (Fsp3) is 0.438. The maximum Gasteiger partial charge on any atom is 0.251 e. The van der Waals surface area contributed by atoms with Gasteiger partial charge in [-0.3, -0.25) is 4.79 Å². The van der Waals surface area contributed by atoms with Crippen LogP contribution in [0.1, 0.15) is 24.2 Å². The number of rotatable bonds is 5. The first kappa shape index (κ1) is 18.9. The second-order valence-electron chi connectivity index (χ2n) is 5.72. The van der Waals surface area contributed by atoms with Crippen molar-refractivity contribution in [2.75, 3.05) is 19.6 Å². The zero-order valence-corrected chi connectivity index (χ0v) is 15.2. The lowest BCUT2D eigenvalue weighted by Crippen LogP contribution is -2.48. The Balaban J connectivity index is 2.35. The van der Waals surface area contributed by atoms with E-state index in [2.05, 4.69) is 11.9 Å². The quantitative estimate of drug-likeness (QED) is 0.802. The van der Waals surface area contributed by atoms with E-state index in [-0.39, 0.29) is 46.7 Å². The number of nitrogens with zero attached hydrogens (tertiary/aromatic N) is 1. The zero-order valence-electron chi connectivity index (χ0n) is 13.7. The van der Waals surface area contributed by atoms with Crippen molar-refractivity contribution in [1.82, 2.24) is 9.62 Å². The van der Waals surface area contributed by atoms with Gasteiger partial charge in [0.2, 0.25) is 10.0 Å². The minimum absolute atomic E-state index is 0.0725. The highest BCUT2D eigenvalue weighted by atomic mass is 35.5. The van der Waals surface area contributed by atoms with Crippen LogP contribution in [0.25, 0.3) is 0 Å². The number of amides is 1. The minimum atomic E-state index is -3.81. The van der Waals surface area contributed by atoms with Gasteiger partial charge in [-0.1, -0.05) is 17.7 Å². The predicted molar refractivity (Wildman–Crippen MR) is 92.8 cm³/mol. The van der Waals surface area contributed by atoms with Crippen LogP contribution in [-0.4, -0.2) is 50.5 Å². The van der Waals surface area contributed by atoms with Crippen LogP contribution in [-0.2, 0) is 14.8 Å². The van der Waals surface area contributed by atoms with Gasteiger partial charge in [-0.15, -0.1) is 6.58 Å². The average molecular weight is 373 g/mol. The number of benzene rings is 1. The van der Waals surface area contributed by atoms with Crippen molar-refractivity contribution in [2.24, 2.45) is 0 Å². The number of morpholine rings is 1. The molecule has 1 fully saturated rings. The molecule has 6 nitrogen and oxygen atoms in total. The third kappa shape index (κ3) is 4.16. The van der Waals surface area contributed by atoms with Crippen molar-refractivity contribution in [1.29, 1.82) is 0 Å². The highest BCUT2D eigenvalue weighted by Crippen LogP contribution is 2.28. The number of ether oxygens (including phenoxy) is 1. The van der Waals surface area contributed by atoms with Crippen LogP contribution in [0.2, 0.25) is 5.02 Å². The monoisotopic (exact) mass is 372 g/mol. The Morgan fingerprint density at radius 3 is 2.62 bits per heavy atom. The number of sulfonamides is 1. The van der Waals surface area contributed by atoms with E-state index >= 15 is 0 Å². The van der Waals surface area contributed by atoms with Gasteiger partial charge in [-0.25, -0.2) is 8.42 Å². The molecular formula is C16H21ClN2O4S. The van der Waals surface area contributed by atoms with E-state index in [0.29, 0.717) is 6.54 Å². The summed E-state index contributed by atoms with van der Waals surface area (Å²) in [5.41, 5.74) is 0.231. The summed E-state index contributed by atoms with van der Waals surface area (Å²) in [6.45, 7) is 7.94. The second kappa shape index (κ2) is 7.65. The van der Waals surface area contributed by atoms with E-state index in [4.69, 9.17) is 16.3 Å². The molecule has 0 aromatic heterocycles. The summed E-state index contributed by atoms with van der Waals surface area (Å²) in [5.74, 6) is -0.383. The lowest BCUT2D eigenvalue weighted by atomic mass is 10.2. The van der Waals surface area contributed by atoms with Gasteiger partial charge in [-0.05, 0) is 32.0 Å². The molecule has 1 aliphatic heterocycles. The molecule has 0 saturated carbocycles. The molecule has 0 bridgehead atoms. The predicted octanol–water partition coefficient (Wildman–Crippen LogP) is 2.05. The summed E-state index contributed by atoms with van der Waals surface area (Å²) >= 11 is 6.10. The summed E-state index contributed by atoms with van der Waals surface area (Å²) in [5, 5.41) is 2.70. The molecule has 1 aliphatic rings. The van der Waals surface area contributed by atoms with Crippen LogP contribution in [0, 0.1) is 0 Å². The molecule has 0 unspecified atom stereocenters. The third-order valence-electron chi connectivity index (χ3n) is 3.60. The van der Waals surface area contributed by atoms with Gasteiger partial charge >= 0.3 is 0 Å². The van der Waals surface area contributed by atoms with E-state index in [9.17, 15) is 13.2 Å². The first-order valence-electron chi connectivity index (χ1n) is 7.60. The van der Waals surface area contributed by atoms with Crippen LogP contribution < -0.4 is 5.32 Å². The Labute approximate surface area is 147 Å². The molecule has 0 aliphatic carbocycles. The van der Waals surface area contributed by atoms with Crippen molar-refractivity contribution in [2.45, 2.75) is 31.0 Å². The average Bonchev–Trinajstić information content (AvgIpc) is 2.51. The molecule has 8 heteroatoms. The Bertz CT molecular complexity index is 726. The first-order chi connectivity index (χ1) is 11.3. The van der Waals surface area contributed by atoms with Crippen molar-refractivity contribution in [3.8, 4) is 0 Å². The summed E-state index contributed by atoms with van der Waals surface area (Å²) in [6.07, 6.45) is 1.13. The third-order valence-corrected chi connectivity index (χ3v) is 5.92. The molecule has 132 valence electrons. The summed E-state index contributed by atoms with van der Waals surface area (Å²) in [7, 11) is -3.81. The molecule has 0 radical (unpaired) electrons. The van der Waals surface area contributed by atoms with Crippen molar-refractivity contribution in [3.63, 3.8) is 0 Å². The first-order valence-corrected chi connectivity index (χ1v) is 9.41. The lowest BCUT2D eigenvalue weighted by Gasteiger charge is -2.34. The standard InChI is InChI=1S/C16H21ClN2O4S/c1-4-7-18-16(20)13-5-6-14(17)15(8-13)24(21,22)19-9-11(2)23-12(3)10-19/h4-6,8,11-12H,1,7,9-10H2,2-3H3,(H,18,20)/t11-,12-/m0/s1. The summed E-state index contributed by atoms with van der Waals surface area (Å²) in [4.78, 5) is 12.0. The Morgan fingerprint density at radius 1 is 1.42 bits per heavy atom. The molecule has 2 rings (SSSR count). The van der Waals surface area contributed by atoms with E-state index in [0.717, 1.165) is 0 Å². The van der Waals surface area contributed by atoms with E-state index < -0.39 is 10.0 Å². The smallest absolute Gasteiger partial charge is 0.251 e. The Kier molecular flexibility index (Phi) is 6.03. The molecule has 1 N–H and O–H groups in total. The molecule has 1 aromatic carbocycles. The Morgan fingerprint density at radius 2 is 2.04 bits per heavy atom. The normalized spacial score (nSPS) is 22.1. The van der Waals surface area contributed by atoms with Crippen LogP contribution >= 0.6 is 11.6 Å². The fourth-order valence-electron chi connectivity index (χ4n) is 2.58. The molecule has 1 saturated heterocycles. The Hall–Kier alpha value is -1.41. The highest BCUT2D eigenvalue weighted by molar-refractivity contribution is 7.89. The van der Waals surface area contributed by atoms with Gasteiger partial charge in [0, 0.05) is 25.2 Å². The summed E-state index contributed by atoms with van der Waals surface area (Å²) < 4.78 is 32.8. The van der Waals surface area contributed by atoms with Crippen molar-refractivity contribution in [3.05, 3.63) is 41.4 Å². The number of halogens is 1. The molecule has 1 heterocycles. The lowest BCUT2D eigenvalue weighted by molar-refractivity contribution is -0.0440. The van der Waals surface area contributed by atoms with Crippen LogP contribution in [0.5, 0.6) is 0 Å². The molecule has 1 amide bonds. The molecule has 24 heavy (non-hydrogen) atoms. The van der Waals surface area contributed by atoms with Gasteiger partial charge < -0.3 is 10.1 Å². The van der Waals surface area contributed by atoms with E-state index in [1.54, 1.807) is 6.08 Å². The van der Waals surface area contributed by atoms with Gasteiger partial charge in [-0.2, -0.15) is 4.31 Å². The molecule has 0 spiro atoms. The minimum Gasteiger partial charge on any atom is -0.373 e. The maximum atomic E-state index is 12.9. The summed E-state index contributed by atoms with van der Waals surface area (Å²) in [6, 6.07) is 4.22.